The maximum atomic E-state index is 5.94. The summed E-state index contributed by atoms with van der Waals surface area (Å²) >= 11 is 1.68. The predicted octanol–water partition coefficient (Wildman–Crippen LogP) is 1.75. The summed E-state index contributed by atoms with van der Waals surface area (Å²) in [5, 5.41) is 3.19. The second-order valence-electron chi connectivity index (χ2n) is 3.31. The Kier molecular flexibility index (Phi) is 5.07. The van der Waals surface area contributed by atoms with Gasteiger partial charge in [0.05, 0.1) is 10.7 Å². The van der Waals surface area contributed by atoms with E-state index < -0.39 is 0 Å². The molecule has 0 aliphatic heterocycles. The highest BCUT2D eigenvalue weighted by atomic mass is 32.1. The minimum atomic E-state index is 0.169. The topological polar surface area (TPSA) is 48.1 Å². The molecule has 0 amide bonds. The van der Waals surface area contributed by atoms with Crippen molar-refractivity contribution in [2.24, 2.45) is 5.73 Å². The highest BCUT2D eigenvalue weighted by molar-refractivity contribution is 7.09. The van der Waals surface area contributed by atoms with Crippen molar-refractivity contribution >= 4 is 11.3 Å². The lowest BCUT2D eigenvalue weighted by Gasteiger charge is -2.09. The molecule has 1 aromatic rings. The summed E-state index contributed by atoms with van der Waals surface area (Å²) in [7, 11) is 0. The Bertz CT molecular complexity index is 262. The van der Waals surface area contributed by atoms with Gasteiger partial charge in [-0.05, 0) is 20.3 Å². The summed E-state index contributed by atoms with van der Waals surface area (Å²) < 4.78 is 5.25. The first-order valence-corrected chi connectivity index (χ1v) is 5.84. The average Bonchev–Trinajstić information content (AvgIpc) is 2.52. The van der Waals surface area contributed by atoms with Gasteiger partial charge >= 0.3 is 0 Å². The van der Waals surface area contributed by atoms with E-state index in [1.807, 2.05) is 13.8 Å². The first kappa shape index (κ1) is 11.6. The van der Waals surface area contributed by atoms with E-state index in [1.165, 1.54) is 0 Å². The van der Waals surface area contributed by atoms with E-state index >= 15 is 0 Å². The lowest BCUT2D eigenvalue weighted by molar-refractivity contribution is 0.140. The molecule has 1 heterocycles. The third-order valence-corrected chi connectivity index (χ3v) is 2.80. The average molecular weight is 214 g/mol. The van der Waals surface area contributed by atoms with Crippen LogP contribution in [0.3, 0.4) is 0 Å². The van der Waals surface area contributed by atoms with Crippen LogP contribution in [0.15, 0.2) is 5.38 Å². The highest BCUT2D eigenvalue weighted by Gasteiger charge is 2.06. The van der Waals surface area contributed by atoms with E-state index in [1.54, 1.807) is 11.3 Å². The molecule has 1 aromatic heterocycles. The molecule has 0 radical (unpaired) electrons. The molecule has 1 rings (SSSR count). The van der Waals surface area contributed by atoms with Crippen molar-refractivity contribution < 1.29 is 4.74 Å². The van der Waals surface area contributed by atoms with Crippen LogP contribution in [0, 0.1) is 6.92 Å². The van der Waals surface area contributed by atoms with Gasteiger partial charge in [0, 0.05) is 31.1 Å². The Balaban J connectivity index is 2.23. The molecular weight excluding hydrogens is 196 g/mol. The Morgan fingerprint density at radius 3 is 3.00 bits per heavy atom. The van der Waals surface area contributed by atoms with Crippen LogP contribution >= 0.6 is 11.3 Å². The van der Waals surface area contributed by atoms with Crippen molar-refractivity contribution in [3.8, 4) is 0 Å². The fourth-order valence-corrected chi connectivity index (χ4v) is 1.88. The monoisotopic (exact) mass is 214 g/mol. The second kappa shape index (κ2) is 6.11. The number of rotatable bonds is 6. The van der Waals surface area contributed by atoms with Gasteiger partial charge in [0.2, 0.25) is 0 Å². The summed E-state index contributed by atoms with van der Waals surface area (Å²) in [5.74, 6) is 0. The molecule has 0 spiro atoms. The number of ether oxygens (including phenoxy) is 1. The van der Waals surface area contributed by atoms with Crippen LogP contribution in [0.5, 0.6) is 0 Å². The zero-order valence-corrected chi connectivity index (χ0v) is 9.64. The predicted molar refractivity (Wildman–Crippen MR) is 59.6 cm³/mol. The van der Waals surface area contributed by atoms with Crippen LogP contribution in [0.4, 0.5) is 0 Å². The Hall–Kier alpha value is -0.450. The molecule has 0 saturated heterocycles. The van der Waals surface area contributed by atoms with Gasteiger partial charge in [-0.25, -0.2) is 4.98 Å². The fourth-order valence-electron chi connectivity index (χ4n) is 1.25. The van der Waals surface area contributed by atoms with Crippen LogP contribution in [-0.4, -0.2) is 24.2 Å². The molecule has 1 atom stereocenters. The number of hydrogen-bond acceptors (Lipinski definition) is 4. The second-order valence-corrected chi connectivity index (χ2v) is 4.37. The zero-order valence-electron chi connectivity index (χ0n) is 8.82. The van der Waals surface area contributed by atoms with Gasteiger partial charge in [-0.15, -0.1) is 11.3 Å². The van der Waals surface area contributed by atoms with Crippen LogP contribution in [0.1, 0.15) is 24.0 Å². The van der Waals surface area contributed by atoms with Gasteiger partial charge in [-0.1, -0.05) is 0 Å². The highest BCUT2D eigenvalue weighted by Crippen LogP contribution is 2.10. The van der Waals surface area contributed by atoms with Crippen LogP contribution in [0.2, 0.25) is 0 Å². The van der Waals surface area contributed by atoms with Crippen LogP contribution in [-0.2, 0) is 11.2 Å². The molecule has 0 saturated carbocycles. The van der Waals surface area contributed by atoms with E-state index in [0.29, 0.717) is 0 Å². The smallest absolute Gasteiger partial charge is 0.0897 e. The fraction of sp³-hybridized carbons (Fsp3) is 0.700. The molecule has 14 heavy (non-hydrogen) atoms. The SMILES string of the molecule is CCOCCC(N)Cc1csc(C)n1. The van der Waals surface area contributed by atoms with Crippen LogP contribution in [0.25, 0.3) is 0 Å². The molecule has 4 heteroatoms. The number of thiazole rings is 1. The Morgan fingerprint density at radius 2 is 2.43 bits per heavy atom. The van der Waals surface area contributed by atoms with Crippen molar-refractivity contribution in [2.45, 2.75) is 32.7 Å². The van der Waals surface area contributed by atoms with Crippen molar-refractivity contribution in [2.75, 3.05) is 13.2 Å². The minimum absolute atomic E-state index is 0.169. The number of hydrogen-bond donors (Lipinski definition) is 1. The maximum absolute atomic E-state index is 5.94. The van der Waals surface area contributed by atoms with E-state index in [4.69, 9.17) is 10.5 Å². The van der Waals surface area contributed by atoms with Gasteiger partial charge < -0.3 is 10.5 Å². The third kappa shape index (κ3) is 4.17. The van der Waals surface area contributed by atoms with Crippen molar-refractivity contribution in [3.63, 3.8) is 0 Å². The summed E-state index contributed by atoms with van der Waals surface area (Å²) in [5.41, 5.74) is 7.05. The Labute approximate surface area is 89.3 Å². The lowest BCUT2D eigenvalue weighted by Crippen LogP contribution is -2.24. The number of aryl methyl sites for hydroxylation is 1. The van der Waals surface area contributed by atoms with Gasteiger partial charge in [0.25, 0.3) is 0 Å². The van der Waals surface area contributed by atoms with E-state index in [0.717, 1.165) is 36.8 Å². The minimum Gasteiger partial charge on any atom is -0.382 e. The first-order valence-electron chi connectivity index (χ1n) is 4.96. The molecule has 0 aliphatic rings. The zero-order chi connectivity index (χ0) is 10.4. The molecule has 0 aliphatic carbocycles. The maximum Gasteiger partial charge on any atom is 0.0897 e. The summed E-state index contributed by atoms with van der Waals surface area (Å²) in [4.78, 5) is 4.38. The summed E-state index contributed by atoms with van der Waals surface area (Å²) in [6.45, 7) is 5.53. The summed E-state index contributed by atoms with van der Waals surface area (Å²) in [6, 6.07) is 0.169. The molecule has 0 aromatic carbocycles. The molecule has 1 unspecified atom stereocenters. The molecule has 3 nitrogen and oxygen atoms in total. The van der Waals surface area contributed by atoms with Crippen molar-refractivity contribution in [1.29, 1.82) is 0 Å². The van der Waals surface area contributed by atoms with Gasteiger partial charge in [0.1, 0.15) is 0 Å². The van der Waals surface area contributed by atoms with Gasteiger partial charge in [0.15, 0.2) is 0 Å². The molecule has 0 bridgehead atoms. The standard InChI is InChI=1S/C10H18N2OS/c1-3-13-5-4-9(11)6-10-7-14-8(2)12-10/h7,9H,3-6,11H2,1-2H3. The lowest BCUT2D eigenvalue weighted by atomic mass is 10.1. The van der Waals surface area contributed by atoms with Crippen molar-refractivity contribution in [3.05, 3.63) is 16.1 Å². The van der Waals surface area contributed by atoms with Gasteiger partial charge in [-0.3, -0.25) is 0 Å². The molecular formula is C10H18N2OS. The number of aromatic nitrogens is 1. The van der Waals surface area contributed by atoms with E-state index in [2.05, 4.69) is 10.4 Å². The largest absolute Gasteiger partial charge is 0.382 e. The van der Waals surface area contributed by atoms with E-state index in [-0.39, 0.29) is 6.04 Å². The van der Waals surface area contributed by atoms with Gasteiger partial charge in [-0.2, -0.15) is 0 Å². The number of nitrogens with zero attached hydrogens (tertiary/aromatic N) is 1. The Morgan fingerprint density at radius 1 is 1.64 bits per heavy atom. The molecule has 2 N–H and O–H groups in total. The molecule has 80 valence electrons. The normalized spacial score (nSPS) is 13.1. The van der Waals surface area contributed by atoms with Crippen LogP contribution < -0.4 is 5.73 Å². The number of nitrogens with two attached hydrogens (primary N) is 1. The quantitative estimate of drug-likeness (QED) is 0.734. The third-order valence-electron chi connectivity index (χ3n) is 1.98. The molecule has 0 fully saturated rings. The summed E-state index contributed by atoms with van der Waals surface area (Å²) in [6.07, 6.45) is 1.77. The van der Waals surface area contributed by atoms with Crippen molar-refractivity contribution in [1.82, 2.24) is 4.98 Å². The van der Waals surface area contributed by atoms with E-state index in [9.17, 15) is 0 Å². The first-order chi connectivity index (χ1) is 6.72.